The highest BCUT2D eigenvalue weighted by Gasteiger charge is 2.11. The molecule has 0 amide bonds. The third-order valence-electron chi connectivity index (χ3n) is 2.81. The van der Waals surface area contributed by atoms with Gasteiger partial charge in [0.15, 0.2) is 0 Å². The first-order valence-corrected chi connectivity index (χ1v) is 7.70. The van der Waals surface area contributed by atoms with Crippen LogP contribution in [0.5, 0.6) is 5.75 Å². The van der Waals surface area contributed by atoms with E-state index in [0.29, 0.717) is 0 Å². The second kappa shape index (κ2) is 5.23. The van der Waals surface area contributed by atoms with Crippen molar-refractivity contribution in [1.82, 2.24) is 15.0 Å². The number of rotatable bonds is 2. The zero-order valence-corrected chi connectivity index (χ0v) is 14.3. The molecule has 3 aromatic rings. The fourth-order valence-electron chi connectivity index (χ4n) is 1.88. The van der Waals surface area contributed by atoms with Crippen molar-refractivity contribution in [3.05, 3.63) is 43.5 Å². The average molecular weight is 477 g/mol. The van der Waals surface area contributed by atoms with Crippen LogP contribution in [0.15, 0.2) is 36.4 Å². The molecule has 6 heteroatoms. The van der Waals surface area contributed by atoms with Crippen LogP contribution >= 0.6 is 45.2 Å². The lowest BCUT2D eigenvalue weighted by Crippen LogP contribution is -1.99. The van der Waals surface area contributed by atoms with E-state index in [9.17, 15) is 0 Å². The summed E-state index contributed by atoms with van der Waals surface area (Å²) >= 11 is 4.55. The quantitative estimate of drug-likeness (QED) is 0.530. The summed E-state index contributed by atoms with van der Waals surface area (Å²) in [5, 5.41) is 8.51. The van der Waals surface area contributed by atoms with Gasteiger partial charge in [-0.1, -0.05) is 11.3 Å². The summed E-state index contributed by atoms with van der Waals surface area (Å²) in [5.41, 5.74) is 2.94. The van der Waals surface area contributed by atoms with Gasteiger partial charge >= 0.3 is 0 Å². The molecule has 3 rings (SSSR count). The monoisotopic (exact) mass is 477 g/mol. The Labute approximate surface area is 137 Å². The molecule has 0 spiro atoms. The Morgan fingerprint density at radius 1 is 1.11 bits per heavy atom. The van der Waals surface area contributed by atoms with Crippen LogP contribution in [-0.2, 0) is 0 Å². The number of benzene rings is 2. The SMILES string of the molecule is COc1ccc(-n2nnc3c(I)cccc32)c(I)c1. The van der Waals surface area contributed by atoms with E-state index in [0.717, 1.165) is 29.6 Å². The highest BCUT2D eigenvalue weighted by atomic mass is 127. The molecule has 0 saturated carbocycles. The summed E-state index contributed by atoms with van der Waals surface area (Å²) in [6.07, 6.45) is 0. The molecule has 19 heavy (non-hydrogen) atoms. The fraction of sp³-hybridized carbons (Fsp3) is 0.0769. The van der Waals surface area contributed by atoms with Crippen molar-refractivity contribution in [3.63, 3.8) is 0 Å². The number of methoxy groups -OCH3 is 1. The van der Waals surface area contributed by atoms with Gasteiger partial charge in [0.05, 0.1) is 18.3 Å². The molecule has 0 N–H and O–H groups in total. The third kappa shape index (κ3) is 2.31. The summed E-state index contributed by atoms with van der Waals surface area (Å²) in [4.78, 5) is 0. The van der Waals surface area contributed by atoms with E-state index in [1.807, 2.05) is 41.1 Å². The molecule has 0 aliphatic carbocycles. The zero-order chi connectivity index (χ0) is 13.4. The number of halogens is 2. The molecule has 0 fully saturated rings. The molecule has 1 heterocycles. The van der Waals surface area contributed by atoms with Crippen LogP contribution in [-0.4, -0.2) is 22.1 Å². The second-order valence-corrected chi connectivity index (χ2v) is 6.25. The van der Waals surface area contributed by atoms with Crippen LogP contribution < -0.4 is 4.74 Å². The molecule has 0 bridgehead atoms. The number of nitrogens with zero attached hydrogens (tertiary/aromatic N) is 3. The predicted molar refractivity (Wildman–Crippen MR) is 90.9 cm³/mol. The first-order valence-electron chi connectivity index (χ1n) is 5.54. The fourth-order valence-corrected chi connectivity index (χ4v) is 3.18. The first kappa shape index (κ1) is 13.1. The molecular formula is C13H9I2N3O. The zero-order valence-electron chi connectivity index (χ0n) is 9.97. The van der Waals surface area contributed by atoms with Crippen LogP contribution in [0.2, 0.25) is 0 Å². The van der Waals surface area contributed by atoms with E-state index < -0.39 is 0 Å². The van der Waals surface area contributed by atoms with Crippen molar-refractivity contribution in [2.24, 2.45) is 0 Å². The second-order valence-electron chi connectivity index (χ2n) is 3.93. The van der Waals surface area contributed by atoms with Crippen LogP contribution in [0, 0.1) is 7.14 Å². The van der Waals surface area contributed by atoms with Crippen LogP contribution in [0.1, 0.15) is 0 Å². The van der Waals surface area contributed by atoms with E-state index in [-0.39, 0.29) is 0 Å². The van der Waals surface area contributed by atoms with Crippen molar-refractivity contribution in [1.29, 1.82) is 0 Å². The number of hydrogen-bond donors (Lipinski definition) is 0. The Morgan fingerprint density at radius 3 is 2.68 bits per heavy atom. The Morgan fingerprint density at radius 2 is 1.95 bits per heavy atom. The van der Waals surface area contributed by atoms with E-state index in [1.165, 1.54) is 0 Å². The lowest BCUT2D eigenvalue weighted by atomic mass is 10.2. The van der Waals surface area contributed by atoms with E-state index in [2.05, 4.69) is 55.5 Å². The van der Waals surface area contributed by atoms with Crippen molar-refractivity contribution in [2.75, 3.05) is 7.11 Å². The Bertz CT molecular complexity index is 755. The van der Waals surface area contributed by atoms with Crippen molar-refractivity contribution in [2.45, 2.75) is 0 Å². The van der Waals surface area contributed by atoms with E-state index in [4.69, 9.17) is 4.74 Å². The van der Waals surface area contributed by atoms with Crippen molar-refractivity contribution >= 4 is 56.2 Å². The molecule has 0 saturated heterocycles. The Hall–Kier alpha value is -0.900. The topological polar surface area (TPSA) is 39.9 Å². The van der Waals surface area contributed by atoms with E-state index >= 15 is 0 Å². The Balaban J connectivity index is 2.22. The molecule has 0 aliphatic heterocycles. The maximum absolute atomic E-state index is 5.22. The van der Waals surface area contributed by atoms with Gasteiger partial charge in [-0.25, -0.2) is 4.68 Å². The molecular weight excluding hydrogens is 468 g/mol. The number of ether oxygens (including phenoxy) is 1. The van der Waals surface area contributed by atoms with Gasteiger partial charge in [-0.2, -0.15) is 0 Å². The standard InChI is InChI=1S/C13H9I2N3O/c1-19-8-5-6-11(10(15)7-8)18-12-4-2-3-9(14)13(12)16-17-18/h2-7H,1H3. The average Bonchev–Trinajstić information content (AvgIpc) is 2.84. The predicted octanol–water partition coefficient (Wildman–Crippen LogP) is 3.64. The highest BCUT2D eigenvalue weighted by Crippen LogP contribution is 2.26. The molecule has 96 valence electrons. The van der Waals surface area contributed by atoms with Gasteiger partial charge in [-0.05, 0) is 75.5 Å². The molecule has 0 unspecified atom stereocenters. The maximum atomic E-state index is 5.22. The summed E-state index contributed by atoms with van der Waals surface area (Å²) < 4.78 is 9.26. The molecule has 0 aliphatic rings. The third-order valence-corrected chi connectivity index (χ3v) is 4.55. The Kier molecular flexibility index (Phi) is 3.61. The number of hydrogen-bond acceptors (Lipinski definition) is 3. The smallest absolute Gasteiger partial charge is 0.126 e. The summed E-state index contributed by atoms with van der Waals surface area (Å²) in [6, 6.07) is 12.0. The highest BCUT2D eigenvalue weighted by molar-refractivity contribution is 14.1. The maximum Gasteiger partial charge on any atom is 0.126 e. The molecule has 4 nitrogen and oxygen atoms in total. The van der Waals surface area contributed by atoms with Gasteiger partial charge in [0.1, 0.15) is 11.3 Å². The lowest BCUT2D eigenvalue weighted by molar-refractivity contribution is 0.414. The largest absolute Gasteiger partial charge is 0.497 e. The lowest BCUT2D eigenvalue weighted by Gasteiger charge is -2.07. The summed E-state index contributed by atoms with van der Waals surface area (Å²) in [6.45, 7) is 0. The minimum atomic E-state index is 0.840. The van der Waals surface area contributed by atoms with Gasteiger partial charge in [-0.3, -0.25) is 0 Å². The van der Waals surface area contributed by atoms with Crippen molar-refractivity contribution < 1.29 is 4.74 Å². The molecule has 0 radical (unpaired) electrons. The van der Waals surface area contributed by atoms with Gasteiger partial charge < -0.3 is 4.74 Å². The summed E-state index contributed by atoms with van der Waals surface area (Å²) in [7, 11) is 1.66. The minimum Gasteiger partial charge on any atom is -0.497 e. The van der Waals surface area contributed by atoms with Gasteiger partial charge in [0, 0.05) is 7.14 Å². The van der Waals surface area contributed by atoms with Gasteiger partial charge in [-0.15, -0.1) is 5.10 Å². The summed E-state index contributed by atoms with van der Waals surface area (Å²) in [5.74, 6) is 0.840. The van der Waals surface area contributed by atoms with Gasteiger partial charge in [0.25, 0.3) is 0 Å². The van der Waals surface area contributed by atoms with Gasteiger partial charge in [0.2, 0.25) is 0 Å². The van der Waals surface area contributed by atoms with Crippen LogP contribution in [0.3, 0.4) is 0 Å². The molecule has 0 atom stereocenters. The van der Waals surface area contributed by atoms with Crippen molar-refractivity contribution in [3.8, 4) is 11.4 Å². The molecule has 1 aromatic heterocycles. The minimum absolute atomic E-state index is 0.840. The molecule has 2 aromatic carbocycles. The first-order chi connectivity index (χ1) is 9.20. The van der Waals surface area contributed by atoms with E-state index in [1.54, 1.807) is 7.11 Å². The van der Waals surface area contributed by atoms with Crippen LogP contribution in [0.25, 0.3) is 16.7 Å². The number of fused-ring (bicyclic) bond motifs is 1. The normalized spacial score (nSPS) is 10.9. The van der Waals surface area contributed by atoms with Crippen LogP contribution in [0.4, 0.5) is 0 Å². The number of aromatic nitrogens is 3.